The molecule has 0 unspecified atom stereocenters. The summed E-state index contributed by atoms with van der Waals surface area (Å²) in [5.74, 6) is 0. The zero-order valence-corrected chi connectivity index (χ0v) is 10.8. The van der Waals surface area contributed by atoms with Gasteiger partial charge >= 0.3 is 93.8 Å². The van der Waals surface area contributed by atoms with Gasteiger partial charge in [0.05, 0.1) is 0 Å². The van der Waals surface area contributed by atoms with Crippen LogP contribution in [0.1, 0.15) is 0 Å². The molecular formula is H2Al2CaO7Si. The van der Waals surface area contributed by atoms with Crippen LogP contribution in [0.25, 0.3) is 0 Å². The number of rotatable bonds is 0. The van der Waals surface area contributed by atoms with Crippen LogP contribution >= 0.6 is 0 Å². The van der Waals surface area contributed by atoms with E-state index in [9.17, 15) is 0 Å². The Bertz CT molecular complexity index is 84.4. The Kier molecular flexibility index (Phi) is 62.8. The van der Waals surface area contributed by atoms with Crippen molar-refractivity contribution < 1.29 is 30.0 Å². The van der Waals surface area contributed by atoms with Crippen LogP contribution in [0.5, 0.6) is 0 Å². The van der Waals surface area contributed by atoms with Gasteiger partial charge in [-0.2, -0.15) is 0 Å². The van der Waals surface area contributed by atoms with Crippen molar-refractivity contribution in [1.82, 2.24) is 0 Å². The molecule has 0 saturated heterocycles. The topological polar surface area (TPSA) is 138 Å². The van der Waals surface area contributed by atoms with E-state index in [0.717, 1.165) is 0 Å². The van der Waals surface area contributed by atoms with Gasteiger partial charge in [0.1, 0.15) is 0 Å². The van der Waals surface area contributed by atoms with Gasteiger partial charge in [-0.3, -0.25) is 4.46 Å². The average molecular weight is 236 g/mol. The van der Waals surface area contributed by atoms with Gasteiger partial charge in [-0.25, -0.2) is 0 Å². The maximum absolute atomic E-state index is 8.74. The van der Waals surface area contributed by atoms with Crippen LogP contribution in [0.2, 0.25) is 0 Å². The summed E-state index contributed by atoms with van der Waals surface area (Å²) in [6, 6.07) is 0. The fourth-order valence-corrected chi connectivity index (χ4v) is 0. The van der Waals surface area contributed by atoms with Crippen LogP contribution in [0.3, 0.4) is 0 Å². The van der Waals surface area contributed by atoms with Crippen molar-refractivity contribution >= 4 is 77.9 Å². The molecule has 11 heavy (non-hydrogen) atoms. The molecule has 7 nitrogen and oxygen atoms in total. The molecule has 0 heterocycles. The average Bonchev–Trinajstić information content (AvgIpc) is 1.65. The van der Waals surface area contributed by atoms with Crippen LogP contribution in [0.4, 0.5) is 0 Å². The van der Waals surface area contributed by atoms with Gasteiger partial charge in [0.2, 0.25) is 0 Å². The van der Waals surface area contributed by atoms with Crippen molar-refractivity contribution in [2.24, 2.45) is 0 Å². The predicted molar refractivity (Wildman–Crippen MR) is 29.5 cm³/mol. The van der Waals surface area contributed by atoms with E-state index in [1.54, 1.807) is 0 Å². The van der Waals surface area contributed by atoms with Gasteiger partial charge in [0.25, 0.3) is 0 Å². The van der Waals surface area contributed by atoms with Crippen molar-refractivity contribution in [3.8, 4) is 0 Å². The summed E-state index contributed by atoms with van der Waals surface area (Å²) in [6.07, 6.45) is 0. The Morgan fingerprint density at radius 3 is 1.09 bits per heavy atom. The van der Waals surface area contributed by atoms with Crippen molar-refractivity contribution in [2.45, 2.75) is 0 Å². The summed E-state index contributed by atoms with van der Waals surface area (Å²) < 4.78 is 42.6. The molecule has 0 aliphatic carbocycles. The monoisotopic (exact) mass is 236 g/mol. The van der Waals surface area contributed by atoms with Crippen molar-refractivity contribution in [1.29, 1.82) is 0 Å². The first-order chi connectivity index (χ1) is 4.56. The number of hydrogen-bond acceptors (Lipinski definition) is 5. The van der Waals surface area contributed by atoms with Gasteiger partial charge in [-0.15, -0.1) is 0 Å². The Morgan fingerprint density at radius 2 is 1.09 bits per heavy atom. The van der Waals surface area contributed by atoms with Crippen molar-refractivity contribution in [2.75, 3.05) is 0 Å². The van der Waals surface area contributed by atoms with E-state index in [2.05, 4.69) is 0 Å². The molecule has 0 atom stereocenters. The van der Waals surface area contributed by atoms with Crippen LogP contribution in [-0.2, 0) is 12.1 Å². The van der Waals surface area contributed by atoms with Gasteiger partial charge in [0.15, 0.2) is 0 Å². The van der Waals surface area contributed by atoms with E-state index in [1.807, 2.05) is 0 Å². The van der Waals surface area contributed by atoms with Gasteiger partial charge in [-0.1, -0.05) is 0 Å². The second-order valence-electron chi connectivity index (χ2n) is 0.475. The van der Waals surface area contributed by atoms with Gasteiger partial charge in [0, 0.05) is 0 Å². The zero-order chi connectivity index (χ0) is 8.99. The molecule has 0 bridgehead atoms. The van der Waals surface area contributed by atoms with E-state index in [1.165, 1.54) is 0 Å². The first-order valence-corrected chi connectivity index (χ1v) is 4.78. The van der Waals surface area contributed by atoms with Crippen LogP contribution in [0.15, 0.2) is 0 Å². The summed E-state index contributed by atoms with van der Waals surface area (Å²) in [4.78, 5) is 14.3. The first-order valence-electron chi connectivity index (χ1n) is 1.59. The molecule has 0 saturated carbocycles. The standard InChI is InChI=1S/2Al.Ca.H2O3Si.4O/c;;;1-4(2)3;;;;/h;;;1-2H;;;;/q;;+2;;;;2*-1. The molecule has 2 N–H and O–H groups in total. The van der Waals surface area contributed by atoms with Crippen LogP contribution in [-0.4, -0.2) is 87.5 Å². The molecule has 56 valence electrons. The molecule has 11 heteroatoms. The van der Waals surface area contributed by atoms with Crippen LogP contribution < -0.4 is 8.32 Å². The third kappa shape index (κ3) is 714. The summed E-state index contributed by atoms with van der Waals surface area (Å²) in [5.41, 5.74) is 0. The second-order valence-corrected chi connectivity index (χ2v) is 1.43. The molecule has 0 rings (SSSR count). The quantitative estimate of drug-likeness (QED) is 0.400. The molecule has 0 amide bonds. The molecule has 0 aromatic rings. The second kappa shape index (κ2) is 30.4. The van der Waals surface area contributed by atoms with E-state index in [4.69, 9.17) is 30.0 Å². The van der Waals surface area contributed by atoms with E-state index >= 15 is 0 Å². The Hall–Kier alpha value is 1.14. The Morgan fingerprint density at radius 1 is 1.09 bits per heavy atom. The normalized spacial score (nSPS) is 3.64. The molecule has 0 spiro atoms. The molecule has 0 aromatic heterocycles. The SMILES string of the molecule is O=[Si](O)O.[Ca+2].[O]=[Al][O-].[O]=[Al][O-]. The Balaban J connectivity index is -0.0000000325. The third-order valence-electron chi connectivity index (χ3n) is 0. The van der Waals surface area contributed by atoms with E-state index < -0.39 is 40.1 Å². The van der Waals surface area contributed by atoms with E-state index in [0.29, 0.717) is 0 Å². The maximum atomic E-state index is 8.74. The predicted octanol–water partition coefficient (Wildman–Crippen LogP) is -5.37. The minimum atomic E-state index is -3.13. The summed E-state index contributed by atoms with van der Waals surface area (Å²) in [5, 5.41) is 0. The summed E-state index contributed by atoms with van der Waals surface area (Å²) in [7, 11) is -3.13. The first kappa shape index (κ1) is 22.7. The van der Waals surface area contributed by atoms with Gasteiger partial charge in [-0.05, 0) is 0 Å². The van der Waals surface area contributed by atoms with Crippen LogP contribution in [0, 0.1) is 0 Å². The van der Waals surface area contributed by atoms with E-state index in [-0.39, 0.29) is 37.7 Å². The molecule has 0 aromatic carbocycles. The third-order valence-corrected chi connectivity index (χ3v) is 0. The summed E-state index contributed by atoms with van der Waals surface area (Å²) >= 11 is -3.50. The molecule has 0 aliphatic rings. The fraction of sp³-hybridized carbons (Fsp3) is 0. The van der Waals surface area contributed by atoms with Gasteiger partial charge < -0.3 is 9.59 Å². The minimum absolute atomic E-state index is 0. The van der Waals surface area contributed by atoms with Crippen molar-refractivity contribution in [3.63, 3.8) is 0 Å². The molecular weight excluding hydrogens is 234 g/mol. The summed E-state index contributed by atoms with van der Waals surface area (Å²) in [6.45, 7) is 0. The zero-order valence-electron chi connectivity index (χ0n) is 5.30. The number of hydrogen-bond donors (Lipinski definition) is 2. The molecule has 0 fully saturated rings. The Labute approximate surface area is 106 Å². The fourth-order valence-electron chi connectivity index (χ4n) is 0. The van der Waals surface area contributed by atoms with Crippen molar-refractivity contribution in [3.05, 3.63) is 0 Å². The molecule has 0 aliphatic heterocycles. The molecule has 0 radical (unpaired) electrons.